The molecule has 0 aromatic carbocycles. The molecule has 9 nitrogen and oxygen atoms in total. The molecule has 2 atom stereocenters. The number of hydrogen-bond acceptors (Lipinski definition) is 8. The molecule has 0 saturated heterocycles. The van der Waals surface area contributed by atoms with E-state index in [2.05, 4.69) is 111 Å². The smallest absolute Gasteiger partial charge is 0.306 e. The Morgan fingerprint density at radius 3 is 1.19 bits per heavy atom. The largest absolute Gasteiger partial charge is 0.545 e. The summed E-state index contributed by atoms with van der Waals surface area (Å²) >= 11 is 0. The number of ether oxygens (including phenoxy) is 4. The number of carbonyl (C=O) groups is 3. The van der Waals surface area contributed by atoms with Gasteiger partial charge < -0.3 is 33.3 Å². The van der Waals surface area contributed by atoms with E-state index in [1.54, 1.807) is 0 Å². The fourth-order valence-corrected chi connectivity index (χ4v) is 6.81. The van der Waals surface area contributed by atoms with Crippen LogP contribution < -0.4 is 5.11 Å². The number of hydrogen-bond donors (Lipinski definition) is 0. The molecule has 0 heterocycles. The Labute approximate surface area is 410 Å². The van der Waals surface area contributed by atoms with Crippen LogP contribution >= 0.6 is 0 Å². The van der Waals surface area contributed by atoms with Gasteiger partial charge >= 0.3 is 11.9 Å². The third-order valence-electron chi connectivity index (χ3n) is 10.8. The van der Waals surface area contributed by atoms with Crippen LogP contribution in [0.3, 0.4) is 0 Å². The zero-order chi connectivity index (χ0) is 49.2. The monoisotopic (exact) mass is 936 g/mol. The lowest BCUT2D eigenvalue weighted by Crippen LogP contribution is -2.44. The maximum absolute atomic E-state index is 12.8. The molecule has 0 aliphatic rings. The van der Waals surface area contributed by atoms with Crippen LogP contribution in [0.1, 0.15) is 194 Å². The first-order chi connectivity index (χ1) is 32.6. The Morgan fingerprint density at radius 2 is 0.806 bits per heavy atom. The predicted molar refractivity (Wildman–Crippen MR) is 278 cm³/mol. The van der Waals surface area contributed by atoms with Crippen LogP contribution in [0.25, 0.3) is 0 Å². The molecule has 9 heteroatoms. The molecule has 0 aliphatic heterocycles. The number of unbranched alkanes of at least 4 members (excludes halogenated alkanes) is 16. The van der Waals surface area contributed by atoms with Gasteiger partial charge in [0.1, 0.15) is 13.2 Å². The third-order valence-corrected chi connectivity index (χ3v) is 10.8. The van der Waals surface area contributed by atoms with Gasteiger partial charge in [-0.05, 0) is 89.9 Å². The van der Waals surface area contributed by atoms with Crippen molar-refractivity contribution in [3.8, 4) is 0 Å². The van der Waals surface area contributed by atoms with Crippen LogP contribution in [0.15, 0.2) is 97.2 Å². The number of quaternary nitrogens is 1. The Kier molecular flexibility index (Phi) is 45.9. The molecule has 0 fully saturated rings. The van der Waals surface area contributed by atoms with Gasteiger partial charge in [-0.1, -0.05) is 188 Å². The molecule has 0 aliphatic carbocycles. The quantitative estimate of drug-likeness (QED) is 0.0195. The zero-order valence-corrected chi connectivity index (χ0v) is 43.2. The number of carbonyl (C=O) groups excluding carboxylic acids is 3. The van der Waals surface area contributed by atoms with E-state index in [9.17, 15) is 19.5 Å². The second kappa shape index (κ2) is 48.7. The predicted octanol–water partition coefficient (Wildman–Crippen LogP) is 13.7. The highest BCUT2D eigenvalue weighted by Gasteiger charge is 2.21. The van der Waals surface area contributed by atoms with Crippen molar-refractivity contribution >= 4 is 17.9 Å². The average Bonchev–Trinajstić information content (AvgIpc) is 3.29. The summed E-state index contributed by atoms with van der Waals surface area (Å²) in [5.74, 6) is -2.33. The molecule has 0 aromatic rings. The Hall–Kier alpha value is -3.79. The molecule has 0 bridgehead atoms. The van der Waals surface area contributed by atoms with Crippen LogP contribution in [0.5, 0.6) is 0 Å². The van der Waals surface area contributed by atoms with Crippen LogP contribution in [-0.4, -0.2) is 82.3 Å². The van der Waals surface area contributed by atoms with Gasteiger partial charge in [-0.25, -0.2) is 0 Å². The number of carboxylic acid groups (broad SMARTS) is 1. The summed E-state index contributed by atoms with van der Waals surface area (Å²) < 4.78 is 22.6. The lowest BCUT2D eigenvalue weighted by molar-refractivity contribution is -0.870. The lowest BCUT2D eigenvalue weighted by atomic mass is 10.0. The maximum Gasteiger partial charge on any atom is 0.306 e. The van der Waals surface area contributed by atoms with Crippen molar-refractivity contribution in [2.45, 2.75) is 206 Å². The summed E-state index contributed by atoms with van der Waals surface area (Å²) in [6, 6.07) is 0. The highest BCUT2D eigenvalue weighted by atomic mass is 16.7. The molecule has 0 aromatic heterocycles. The molecule has 2 unspecified atom stereocenters. The summed E-state index contributed by atoms with van der Waals surface area (Å²) in [7, 11) is 5.90. The van der Waals surface area contributed by atoms with Crippen molar-refractivity contribution < 1.29 is 42.9 Å². The molecular formula is C58H97NO8. The first kappa shape index (κ1) is 63.2. The van der Waals surface area contributed by atoms with Crippen molar-refractivity contribution in [2.24, 2.45) is 0 Å². The number of carboxylic acids is 1. The second-order valence-electron chi connectivity index (χ2n) is 18.4. The van der Waals surface area contributed by atoms with E-state index in [0.717, 1.165) is 96.3 Å². The van der Waals surface area contributed by atoms with Crippen LogP contribution in [0.2, 0.25) is 0 Å². The van der Waals surface area contributed by atoms with E-state index in [-0.39, 0.29) is 38.6 Å². The Bertz CT molecular complexity index is 1420. The molecule has 0 saturated carbocycles. The van der Waals surface area contributed by atoms with Gasteiger partial charge in [0.05, 0.1) is 40.3 Å². The Balaban J connectivity index is 4.34. The van der Waals surface area contributed by atoms with Gasteiger partial charge in [0.25, 0.3) is 0 Å². The van der Waals surface area contributed by atoms with Crippen molar-refractivity contribution in [2.75, 3.05) is 47.5 Å². The molecule has 0 spiro atoms. The molecule has 67 heavy (non-hydrogen) atoms. The minimum atomic E-state index is -1.63. The standard InChI is InChI=1S/C58H97NO8/c1-6-8-10-12-14-16-18-20-22-24-25-26-27-28-29-30-31-33-35-37-39-41-43-45-47-49-56(61)67-54(53-66-58(57(62)63)64-51-50-59(3,4)5)52-65-55(60)48-46-44-42-40-38-36-34-32-23-21-19-17-15-13-11-9-7-2/h8-11,14-17,20-23,25-26,34,36,54,58H,6-7,12-13,18-19,24,27-33,35,37-53H2,1-5H3/b10-8-,11-9-,16-14-,17-15-,22-20-,23-21-,26-25-,36-34-. The summed E-state index contributed by atoms with van der Waals surface area (Å²) in [4.78, 5) is 37.2. The van der Waals surface area contributed by atoms with Crippen molar-refractivity contribution in [1.29, 1.82) is 0 Å². The number of esters is 2. The van der Waals surface area contributed by atoms with Crippen LogP contribution in [0.4, 0.5) is 0 Å². The topological polar surface area (TPSA) is 111 Å². The van der Waals surface area contributed by atoms with Gasteiger partial charge in [0.2, 0.25) is 0 Å². The summed E-state index contributed by atoms with van der Waals surface area (Å²) in [5, 5.41) is 11.7. The summed E-state index contributed by atoms with van der Waals surface area (Å²) in [6.07, 6.45) is 61.6. The molecule has 382 valence electrons. The minimum Gasteiger partial charge on any atom is -0.545 e. The Morgan fingerprint density at radius 1 is 0.448 bits per heavy atom. The van der Waals surface area contributed by atoms with E-state index in [1.807, 2.05) is 21.1 Å². The normalized spacial score (nSPS) is 13.6. The summed E-state index contributed by atoms with van der Waals surface area (Å²) in [6.45, 7) is 4.48. The van der Waals surface area contributed by atoms with Crippen LogP contribution in [0, 0.1) is 0 Å². The third kappa shape index (κ3) is 49.9. The lowest BCUT2D eigenvalue weighted by Gasteiger charge is -2.26. The average molecular weight is 936 g/mol. The number of allylic oxidation sites excluding steroid dienone is 16. The number of aliphatic carboxylic acids is 1. The van der Waals surface area contributed by atoms with Gasteiger partial charge in [-0.3, -0.25) is 9.59 Å². The minimum absolute atomic E-state index is 0.138. The first-order valence-electron chi connectivity index (χ1n) is 26.4. The maximum atomic E-state index is 12.8. The van der Waals surface area contributed by atoms with Crippen molar-refractivity contribution in [1.82, 2.24) is 0 Å². The molecule has 0 radical (unpaired) electrons. The van der Waals surface area contributed by atoms with E-state index in [4.69, 9.17) is 18.9 Å². The fourth-order valence-electron chi connectivity index (χ4n) is 6.81. The molecule has 0 rings (SSSR count). The van der Waals surface area contributed by atoms with Gasteiger partial charge in [0.15, 0.2) is 12.4 Å². The fraction of sp³-hybridized carbons (Fsp3) is 0.672. The number of nitrogens with zero attached hydrogens (tertiary/aromatic N) is 1. The van der Waals surface area contributed by atoms with Crippen molar-refractivity contribution in [3.63, 3.8) is 0 Å². The SMILES string of the molecule is CC/C=C\C/C=C\C/C=C\C/C=C\CCCCCCCCCCCCCCC(=O)OC(COC(=O)CCCCCC/C=C\C/C=C\C/C=C\C/C=C\CC)COC(OCC[N+](C)(C)C)C(=O)[O-]. The van der Waals surface area contributed by atoms with Crippen LogP contribution in [-0.2, 0) is 33.3 Å². The number of likely N-dealkylation sites (N-methyl/N-ethyl adjacent to an activating group) is 1. The molecule has 0 N–H and O–H groups in total. The molecule has 0 amide bonds. The second-order valence-corrected chi connectivity index (χ2v) is 18.4. The van der Waals surface area contributed by atoms with E-state index >= 15 is 0 Å². The zero-order valence-electron chi connectivity index (χ0n) is 43.2. The highest BCUT2D eigenvalue weighted by molar-refractivity contribution is 5.70. The highest BCUT2D eigenvalue weighted by Crippen LogP contribution is 2.15. The van der Waals surface area contributed by atoms with Gasteiger partial charge in [0, 0.05) is 12.8 Å². The van der Waals surface area contributed by atoms with Crippen molar-refractivity contribution in [3.05, 3.63) is 97.2 Å². The van der Waals surface area contributed by atoms with E-state index < -0.39 is 24.3 Å². The van der Waals surface area contributed by atoms with E-state index in [1.165, 1.54) is 57.8 Å². The van der Waals surface area contributed by atoms with E-state index in [0.29, 0.717) is 23.9 Å². The summed E-state index contributed by atoms with van der Waals surface area (Å²) in [5.41, 5.74) is 0. The first-order valence-corrected chi connectivity index (χ1v) is 26.4. The van der Waals surface area contributed by atoms with Gasteiger partial charge in [-0.15, -0.1) is 0 Å². The molecular weight excluding hydrogens is 839 g/mol. The number of rotatable bonds is 47. The van der Waals surface area contributed by atoms with Gasteiger partial charge in [-0.2, -0.15) is 0 Å².